The van der Waals surface area contributed by atoms with Crippen LogP contribution in [-0.2, 0) is 6.54 Å². The number of nitrogens with one attached hydrogen (secondary N) is 1. The molecule has 0 saturated heterocycles. The standard InChI is InChI=1S/C21H21ClN4O2/c1-13-11-16-17(12-15(13)22)26(10-6-5-9-14-7-3-2-4-8-14)19-18(23-16)20(27)25-21(28)24-19/h2-3,7,11-12H,4-6,8-10H2,1H3,(H,25,27,28). The average Bonchev–Trinajstić information content (AvgIpc) is 2.67. The number of rotatable bonds is 5. The summed E-state index contributed by atoms with van der Waals surface area (Å²) in [6.07, 6.45) is 11.7. The molecule has 0 aromatic heterocycles. The van der Waals surface area contributed by atoms with Crippen LogP contribution in [0.1, 0.15) is 37.7 Å². The molecule has 0 bridgehead atoms. The molecule has 0 amide bonds. The highest BCUT2D eigenvalue weighted by molar-refractivity contribution is 6.32. The van der Waals surface area contributed by atoms with Gasteiger partial charge in [-0.15, -0.1) is 0 Å². The highest BCUT2D eigenvalue weighted by Crippen LogP contribution is 2.27. The van der Waals surface area contributed by atoms with Gasteiger partial charge in [-0.3, -0.25) is 9.78 Å². The number of halogens is 1. The molecule has 2 aliphatic heterocycles. The highest BCUT2D eigenvalue weighted by Gasteiger charge is 2.19. The predicted molar refractivity (Wildman–Crippen MR) is 111 cm³/mol. The number of benzene rings is 1. The zero-order valence-electron chi connectivity index (χ0n) is 15.7. The number of aromatic amines is 1. The van der Waals surface area contributed by atoms with E-state index in [-0.39, 0.29) is 5.69 Å². The number of hydrogen-bond donors (Lipinski definition) is 1. The van der Waals surface area contributed by atoms with Gasteiger partial charge in [-0.25, -0.2) is 9.78 Å². The van der Waals surface area contributed by atoms with Crippen molar-refractivity contribution in [2.75, 3.05) is 0 Å². The molecule has 0 spiro atoms. The summed E-state index contributed by atoms with van der Waals surface area (Å²) in [7, 11) is 0. The molecule has 6 nitrogen and oxygen atoms in total. The van der Waals surface area contributed by atoms with E-state index in [1.54, 1.807) is 0 Å². The number of unbranched alkanes of at least 4 members (excludes halogenated alkanes) is 1. The Morgan fingerprint density at radius 1 is 1.21 bits per heavy atom. The minimum Gasteiger partial charge on any atom is -0.322 e. The third-order valence-corrected chi connectivity index (χ3v) is 5.53. The first-order valence-corrected chi connectivity index (χ1v) is 9.86. The average molecular weight is 397 g/mol. The van der Waals surface area contributed by atoms with E-state index in [9.17, 15) is 9.59 Å². The minimum absolute atomic E-state index is 0.175. The topological polar surface area (TPSA) is 80.6 Å². The first kappa shape index (κ1) is 18.6. The Morgan fingerprint density at radius 3 is 2.86 bits per heavy atom. The third-order valence-electron chi connectivity index (χ3n) is 5.12. The van der Waals surface area contributed by atoms with Gasteiger partial charge in [0.05, 0.1) is 11.0 Å². The predicted octanol–water partition coefficient (Wildman–Crippen LogP) is 3.99. The number of fused-ring (bicyclic) bond motifs is 2. The second kappa shape index (κ2) is 7.72. The molecule has 0 radical (unpaired) electrons. The maximum absolute atomic E-state index is 12.3. The lowest BCUT2D eigenvalue weighted by Gasteiger charge is -2.17. The Kier molecular flexibility index (Phi) is 5.13. The van der Waals surface area contributed by atoms with Crippen LogP contribution in [0.5, 0.6) is 0 Å². The largest absolute Gasteiger partial charge is 0.349 e. The van der Waals surface area contributed by atoms with Gasteiger partial charge < -0.3 is 4.57 Å². The van der Waals surface area contributed by atoms with Crippen molar-refractivity contribution in [1.29, 1.82) is 0 Å². The van der Waals surface area contributed by atoms with E-state index in [1.807, 2.05) is 23.6 Å². The molecule has 0 atom stereocenters. The Morgan fingerprint density at radius 2 is 2.07 bits per heavy atom. The summed E-state index contributed by atoms with van der Waals surface area (Å²) in [5, 5.41) is 0.619. The molecule has 1 aliphatic carbocycles. The summed E-state index contributed by atoms with van der Waals surface area (Å²) in [6, 6.07) is 3.69. The van der Waals surface area contributed by atoms with Gasteiger partial charge in [-0.1, -0.05) is 35.4 Å². The van der Waals surface area contributed by atoms with E-state index in [1.165, 1.54) is 5.57 Å². The lowest BCUT2D eigenvalue weighted by molar-refractivity contribution is 0.608. The van der Waals surface area contributed by atoms with Crippen LogP contribution in [0.2, 0.25) is 5.02 Å². The van der Waals surface area contributed by atoms with Crippen LogP contribution in [0, 0.1) is 6.92 Å². The summed E-state index contributed by atoms with van der Waals surface area (Å²) >= 11 is 6.33. The highest BCUT2D eigenvalue weighted by atomic mass is 35.5. The summed E-state index contributed by atoms with van der Waals surface area (Å²) in [6.45, 7) is 2.53. The quantitative estimate of drug-likeness (QED) is 0.522. The Hall–Kier alpha value is -2.73. The summed E-state index contributed by atoms with van der Waals surface area (Å²) in [5.74, 6) is 0.306. The molecule has 144 valence electrons. The molecule has 0 unspecified atom stereocenters. The summed E-state index contributed by atoms with van der Waals surface area (Å²) < 4.78 is 1.90. The van der Waals surface area contributed by atoms with Crippen LogP contribution in [0.15, 0.2) is 45.5 Å². The number of aromatic nitrogens is 4. The second-order valence-electron chi connectivity index (χ2n) is 7.15. The number of allylic oxidation sites excluding steroid dienone is 4. The number of H-pyrrole nitrogens is 1. The fraction of sp³-hybridized carbons (Fsp3) is 0.333. The maximum atomic E-state index is 12.3. The Labute approximate surface area is 166 Å². The number of nitrogens with zero attached hydrogens (tertiary/aromatic N) is 3. The van der Waals surface area contributed by atoms with Gasteiger partial charge in [-0.05, 0) is 56.7 Å². The molecule has 0 saturated carbocycles. The molecule has 4 rings (SSSR count). The van der Waals surface area contributed by atoms with Crippen LogP contribution >= 0.6 is 11.6 Å². The molecule has 1 aromatic carbocycles. The summed E-state index contributed by atoms with van der Waals surface area (Å²) in [5.41, 5.74) is 2.79. The molecule has 7 heteroatoms. The molecule has 0 fully saturated rings. The van der Waals surface area contributed by atoms with Crippen molar-refractivity contribution in [2.45, 2.75) is 45.6 Å². The molecule has 28 heavy (non-hydrogen) atoms. The van der Waals surface area contributed by atoms with E-state index in [0.717, 1.165) is 43.2 Å². The minimum atomic E-state index is -0.662. The molecular weight excluding hydrogens is 376 g/mol. The fourth-order valence-corrected chi connectivity index (χ4v) is 3.79. The van der Waals surface area contributed by atoms with E-state index in [4.69, 9.17) is 11.6 Å². The van der Waals surface area contributed by atoms with Crippen LogP contribution in [-0.4, -0.2) is 19.5 Å². The van der Waals surface area contributed by atoms with Gasteiger partial charge in [0.25, 0.3) is 5.56 Å². The SMILES string of the molecule is Cc1cc2nc3c(=O)[nH]c(=O)nc-3n(CCCCC3=CC=CCC3)c2cc1Cl. The zero-order valence-corrected chi connectivity index (χ0v) is 16.4. The summed E-state index contributed by atoms with van der Waals surface area (Å²) in [4.78, 5) is 34.8. The smallest absolute Gasteiger partial charge is 0.322 e. The number of hydrogen-bond acceptors (Lipinski definition) is 4. The number of aryl methyl sites for hydroxylation is 2. The Bertz CT molecular complexity index is 1190. The molecule has 3 aliphatic rings. The van der Waals surface area contributed by atoms with Crippen molar-refractivity contribution in [3.8, 4) is 11.5 Å². The van der Waals surface area contributed by atoms with Crippen LogP contribution < -0.4 is 11.2 Å². The second-order valence-corrected chi connectivity index (χ2v) is 7.55. The van der Waals surface area contributed by atoms with Gasteiger partial charge in [0.2, 0.25) is 0 Å². The van der Waals surface area contributed by atoms with Crippen LogP contribution in [0.25, 0.3) is 22.6 Å². The van der Waals surface area contributed by atoms with E-state index in [2.05, 4.69) is 33.2 Å². The lowest BCUT2D eigenvalue weighted by Crippen LogP contribution is -2.29. The van der Waals surface area contributed by atoms with Gasteiger partial charge in [0, 0.05) is 11.6 Å². The molecular formula is C21H21ClN4O2. The van der Waals surface area contributed by atoms with Gasteiger partial charge >= 0.3 is 5.69 Å². The van der Waals surface area contributed by atoms with E-state index >= 15 is 0 Å². The third kappa shape index (κ3) is 3.64. The molecule has 2 heterocycles. The monoisotopic (exact) mass is 396 g/mol. The van der Waals surface area contributed by atoms with E-state index in [0.29, 0.717) is 22.9 Å². The van der Waals surface area contributed by atoms with E-state index < -0.39 is 11.2 Å². The van der Waals surface area contributed by atoms with Gasteiger partial charge in [0.15, 0.2) is 11.5 Å². The molecule has 1 N–H and O–H groups in total. The van der Waals surface area contributed by atoms with Crippen molar-refractivity contribution >= 4 is 22.6 Å². The first-order chi connectivity index (χ1) is 13.5. The zero-order chi connectivity index (χ0) is 19.7. The Balaban J connectivity index is 1.72. The maximum Gasteiger partial charge on any atom is 0.349 e. The lowest BCUT2D eigenvalue weighted by atomic mass is 10.00. The van der Waals surface area contributed by atoms with Crippen molar-refractivity contribution in [1.82, 2.24) is 19.5 Å². The van der Waals surface area contributed by atoms with Crippen molar-refractivity contribution in [2.24, 2.45) is 0 Å². The van der Waals surface area contributed by atoms with Crippen molar-refractivity contribution < 1.29 is 0 Å². The van der Waals surface area contributed by atoms with Gasteiger partial charge in [-0.2, -0.15) is 4.98 Å². The van der Waals surface area contributed by atoms with Crippen molar-refractivity contribution in [3.05, 3.63) is 67.4 Å². The first-order valence-electron chi connectivity index (χ1n) is 9.48. The van der Waals surface area contributed by atoms with Crippen molar-refractivity contribution in [3.63, 3.8) is 0 Å². The van der Waals surface area contributed by atoms with Crippen LogP contribution in [0.4, 0.5) is 0 Å². The normalized spacial score (nSPS) is 14.0. The van der Waals surface area contributed by atoms with Crippen LogP contribution in [0.3, 0.4) is 0 Å². The fourth-order valence-electron chi connectivity index (χ4n) is 3.63. The van der Waals surface area contributed by atoms with Gasteiger partial charge in [0.1, 0.15) is 0 Å². The molecule has 1 aromatic rings.